The Hall–Kier alpha value is -2.02. The van der Waals surface area contributed by atoms with Crippen molar-refractivity contribution in [3.05, 3.63) is 68.2 Å². The number of nitro groups is 1. The number of nitrogens with one attached hydrogen (secondary N) is 1. The zero-order chi connectivity index (χ0) is 15.6. The van der Waals surface area contributed by atoms with Crippen LogP contribution in [0, 0.1) is 21.7 Å². The highest BCUT2D eigenvalue weighted by molar-refractivity contribution is 9.10. The van der Waals surface area contributed by atoms with Gasteiger partial charge in [-0.1, -0.05) is 0 Å². The summed E-state index contributed by atoms with van der Waals surface area (Å²) in [6.45, 7) is 1.64. The minimum Gasteiger partial charge on any atom is -0.378 e. The van der Waals surface area contributed by atoms with E-state index in [1.807, 2.05) is 0 Å². The molecule has 0 aliphatic carbocycles. The molecule has 21 heavy (non-hydrogen) atoms. The third kappa shape index (κ3) is 3.55. The van der Waals surface area contributed by atoms with Crippen molar-refractivity contribution in [2.75, 3.05) is 5.32 Å². The molecule has 0 heterocycles. The first kappa shape index (κ1) is 15.4. The molecule has 1 atom stereocenters. The van der Waals surface area contributed by atoms with Crippen LogP contribution in [-0.4, -0.2) is 4.92 Å². The van der Waals surface area contributed by atoms with E-state index in [1.165, 1.54) is 12.1 Å². The van der Waals surface area contributed by atoms with Gasteiger partial charge in [0, 0.05) is 17.3 Å². The van der Waals surface area contributed by atoms with Crippen molar-refractivity contribution in [3.8, 4) is 0 Å². The second-order valence-corrected chi connectivity index (χ2v) is 5.31. The molecule has 0 aliphatic heterocycles. The first-order valence-corrected chi connectivity index (χ1v) is 6.83. The Labute approximate surface area is 128 Å². The molecule has 0 fully saturated rings. The number of nitro benzene ring substituents is 1. The van der Waals surface area contributed by atoms with Crippen LogP contribution in [0.3, 0.4) is 0 Å². The quantitative estimate of drug-likeness (QED) is 0.631. The summed E-state index contributed by atoms with van der Waals surface area (Å²) >= 11 is 3.08. The van der Waals surface area contributed by atoms with E-state index in [0.717, 1.165) is 18.2 Å². The highest BCUT2D eigenvalue weighted by Crippen LogP contribution is 2.30. The van der Waals surface area contributed by atoms with Crippen LogP contribution in [0.5, 0.6) is 0 Å². The Kier molecular flexibility index (Phi) is 4.52. The second-order valence-electron chi connectivity index (χ2n) is 4.46. The topological polar surface area (TPSA) is 55.2 Å². The summed E-state index contributed by atoms with van der Waals surface area (Å²) in [6, 6.07) is 7.11. The van der Waals surface area contributed by atoms with Crippen molar-refractivity contribution in [2.24, 2.45) is 0 Å². The van der Waals surface area contributed by atoms with Crippen LogP contribution in [0.15, 0.2) is 40.9 Å². The molecular formula is C14H11BrF2N2O2. The van der Waals surface area contributed by atoms with Crippen LogP contribution in [0.25, 0.3) is 0 Å². The first-order valence-electron chi connectivity index (χ1n) is 6.04. The van der Waals surface area contributed by atoms with Gasteiger partial charge in [0.25, 0.3) is 5.69 Å². The van der Waals surface area contributed by atoms with Gasteiger partial charge < -0.3 is 5.32 Å². The van der Waals surface area contributed by atoms with Crippen molar-refractivity contribution in [1.29, 1.82) is 0 Å². The molecule has 7 heteroatoms. The van der Waals surface area contributed by atoms with Gasteiger partial charge >= 0.3 is 0 Å². The smallest absolute Gasteiger partial charge is 0.285 e. The lowest BCUT2D eigenvalue weighted by Gasteiger charge is -2.16. The maximum Gasteiger partial charge on any atom is 0.285 e. The van der Waals surface area contributed by atoms with Crippen molar-refractivity contribution < 1.29 is 13.7 Å². The number of anilines is 1. The van der Waals surface area contributed by atoms with Crippen LogP contribution in [0.1, 0.15) is 18.5 Å². The van der Waals surface area contributed by atoms with Crippen LogP contribution in [0.4, 0.5) is 20.2 Å². The molecule has 0 saturated heterocycles. The number of hydrogen-bond acceptors (Lipinski definition) is 3. The SMILES string of the molecule is CC(Nc1ccc(Br)c([N+](=O)[O-])c1)c1cc(F)ccc1F. The molecule has 0 amide bonds. The molecule has 0 bridgehead atoms. The summed E-state index contributed by atoms with van der Waals surface area (Å²) in [7, 11) is 0. The summed E-state index contributed by atoms with van der Waals surface area (Å²) < 4.78 is 27.2. The van der Waals surface area contributed by atoms with Gasteiger partial charge in [-0.25, -0.2) is 8.78 Å². The number of nitrogens with zero attached hydrogens (tertiary/aromatic N) is 1. The fourth-order valence-electron chi connectivity index (χ4n) is 1.92. The monoisotopic (exact) mass is 356 g/mol. The van der Waals surface area contributed by atoms with Crippen LogP contribution < -0.4 is 5.32 Å². The number of rotatable bonds is 4. The predicted molar refractivity (Wildman–Crippen MR) is 79.2 cm³/mol. The molecule has 4 nitrogen and oxygen atoms in total. The van der Waals surface area contributed by atoms with E-state index in [2.05, 4.69) is 21.2 Å². The van der Waals surface area contributed by atoms with Crippen LogP contribution in [0.2, 0.25) is 0 Å². The predicted octanol–water partition coefficient (Wildman–Crippen LogP) is 4.81. The van der Waals surface area contributed by atoms with Crippen LogP contribution >= 0.6 is 15.9 Å². The van der Waals surface area contributed by atoms with Crippen molar-refractivity contribution in [3.63, 3.8) is 0 Å². The Morgan fingerprint density at radius 3 is 2.62 bits per heavy atom. The molecule has 0 aromatic heterocycles. The lowest BCUT2D eigenvalue weighted by Crippen LogP contribution is -2.09. The number of halogens is 3. The molecule has 2 rings (SSSR count). The Bertz CT molecular complexity index is 695. The first-order chi connectivity index (χ1) is 9.88. The molecule has 0 radical (unpaired) electrons. The molecule has 1 N–H and O–H groups in total. The zero-order valence-corrected chi connectivity index (χ0v) is 12.5. The molecule has 110 valence electrons. The van der Waals surface area contributed by atoms with E-state index in [4.69, 9.17) is 0 Å². The maximum atomic E-state index is 13.7. The van der Waals surface area contributed by atoms with Crippen molar-refractivity contribution >= 4 is 27.3 Å². The van der Waals surface area contributed by atoms with Gasteiger partial charge in [-0.05, 0) is 53.2 Å². The summed E-state index contributed by atoms with van der Waals surface area (Å²) in [5.41, 5.74) is 0.494. The van der Waals surface area contributed by atoms with Crippen LogP contribution in [-0.2, 0) is 0 Å². The largest absolute Gasteiger partial charge is 0.378 e. The third-order valence-electron chi connectivity index (χ3n) is 2.95. The lowest BCUT2D eigenvalue weighted by atomic mass is 10.1. The molecule has 2 aromatic rings. The summed E-state index contributed by atoms with van der Waals surface area (Å²) in [5, 5.41) is 13.8. The Morgan fingerprint density at radius 1 is 1.24 bits per heavy atom. The van der Waals surface area contributed by atoms with E-state index in [0.29, 0.717) is 10.2 Å². The van der Waals surface area contributed by atoms with Gasteiger partial charge in [-0.3, -0.25) is 10.1 Å². The summed E-state index contributed by atoms with van der Waals surface area (Å²) in [6.07, 6.45) is 0. The summed E-state index contributed by atoms with van der Waals surface area (Å²) in [4.78, 5) is 10.3. The highest BCUT2D eigenvalue weighted by Gasteiger charge is 2.16. The standard InChI is InChI=1S/C14H11BrF2N2O2/c1-8(11-6-9(16)2-5-13(11)17)18-10-3-4-12(15)14(7-10)19(20)21/h2-8,18H,1H3. The second kappa shape index (κ2) is 6.17. The maximum absolute atomic E-state index is 13.7. The van der Waals surface area contributed by atoms with E-state index < -0.39 is 22.6 Å². The van der Waals surface area contributed by atoms with Crippen molar-refractivity contribution in [2.45, 2.75) is 13.0 Å². The number of benzene rings is 2. The lowest BCUT2D eigenvalue weighted by molar-refractivity contribution is -0.385. The van der Waals surface area contributed by atoms with Gasteiger partial charge in [-0.15, -0.1) is 0 Å². The van der Waals surface area contributed by atoms with Gasteiger partial charge in [0.05, 0.1) is 15.4 Å². The molecule has 0 saturated carbocycles. The highest BCUT2D eigenvalue weighted by atomic mass is 79.9. The Balaban J connectivity index is 2.27. The normalized spacial score (nSPS) is 12.0. The van der Waals surface area contributed by atoms with Gasteiger partial charge in [-0.2, -0.15) is 0 Å². The van der Waals surface area contributed by atoms with Gasteiger partial charge in [0.15, 0.2) is 0 Å². The van der Waals surface area contributed by atoms with Gasteiger partial charge in [0.2, 0.25) is 0 Å². The third-order valence-corrected chi connectivity index (χ3v) is 3.62. The molecule has 2 aromatic carbocycles. The molecule has 1 unspecified atom stereocenters. The Morgan fingerprint density at radius 2 is 1.95 bits per heavy atom. The fraction of sp³-hybridized carbons (Fsp3) is 0.143. The minimum atomic E-state index is -0.540. The number of hydrogen-bond donors (Lipinski definition) is 1. The molecule has 0 spiro atoms. The van der Waals surface area contributed by atoms with E-state index in [-0.39, 0.29) is 11.3 Å². The van der Waals surface area contributed by atoms with E-state index >= 15 is 0 Å². The van der Waals surface area contributed by atoms with E-state index in [9.17, 15) is 18.9 Å². The average Bonchev–Trinajstić information content (AvgIpc) is 2.43. The average molecular weight is 357 g/mol. The van der Waals surface area contributed by atoms with Crippen molar-refractivity contribution in [1.82, 2.24) is 0 Å². The summed E-state index contributed by atoms with van der Waals surface area (Å²) in [5.74, 6) is -1.08. The molecular weight excluding hydrogens is 346 g/mol. The zero-order valence-electron chi connectivity index (χ0n) is 10.9. The van der Waals surface area contributed by atoms with E-state index in [1.54, 1.807) is 13.0 Å². The molecule has 0 aliphatic rings. The minimum absolute atomic E-state index is 0.105. The fourth-order valence-corrected chi connectivity index (χ4v) is 2.31. The van der Waals surface area contributed by atoms with Gasteiger partial charge in [0.1, 0.15) is 11.6 Å².